The van der Waals surface area contributed by atoms with E-state index in [1.807, 2.05) is 13.8 Å². The van der Waals surface area contributed by atoms with E-state index in [2.05, 4.69) is 19.2 Å². The van der Waals surface area contributed by atoms with Crippen molar-refractivity contribution in [1.82, 2.24) is 5.32 Å². The highest BCUT2D eigenvalue weighted by atomic mass is 16.1. The molecule has 0 aliphatic rings. The topological polar surface area (TPSA) is 29.1 Å². The molecule has 1 N–H and O–H groups in total. The minimum atomic E-state index is 0.222. The van der Waals surface area contributed by atoms with Gasteiger partial charge in [0.25, 0.3) is 0 Å². The first kappa shape index (κ1) is 18.6. The maximum absolute atomic E-state index is 11.4. The van der Waals surface area contributed by atoms with Gasteiger partial charge in [-0.05, 0) is 19.4 Å². The summed E-state index contributed by atoms with van der Waals surface area (Å²) in [4.78, 5) is 11.4. The zero-order valence-corrected chi connectivity index (χ0v) is 13.6. The van der Waals surface area contributed by atoms with Crippen molar-refractivity contribution in [1.29, 1.82) is 0 Å². The Morgan fingerprint density at radius 2 is 1.26 bits per heavy atom. The van der Waals surface area contributed by atoms with Gasteiger partial charge in [0.15, 0.2) is 0 Å². The third-order valence-electron chi connectivity index (χ3n) is 3.55. The molecule has 0 unspecified atom stereocenters. The van der Waals surface area contributed by atoms with Crippen LogP contribution in [0.4, 0.5) is 0 Å². The van der Waals surface area contributed by atoms with Crippen molar-refractivity contribution in [3.05, 3.63) is 0 Å². The van der Waals surface area contributed by atoms with Gasteiger partial charge in [-0.15, -0.1) is 0 Å². The maximum Gasteiger partial charge on any atom is 0.135 e. The van der Waals surface area contributed by atoms with Crippen molar-refractivity contribution in [2.24, 2.45) is 5.92 Å². The summed E-state index contributed by atoms with van der Waals surface area (Å²) < 4.78 is 0. The number of hydrogen-bond acceptors (Lipinski definition) is 2. The fourth-order valence-corrected chi connectivity index (χ4v) is 2.16. The van der Waals surface area contributed by atoms with Crippen molar-refractivity contribution in [3.8, 4) is 0 Å². The standard InChI is InChI=1S/C17H35NO/c1-15(2)17(19)13-11-9-7-5-6-8-10-12-14-18-16(3)4/h15-16,18H,5-14H2,1-4H3. The van der Waals surface area contributed by atoms with E-state index in [1.54, 1.807) is 0 Å². The van der Waals surface area contributed by atoms with Crippen molar-refractivity contribution in [3.63, 3.8) is 0 Å². The summed E-state index contributed by atoms with van der Waals surface area (Å²) in [6, 6.07) is 0.619. The van der Waals surface area contributed by atoms with Crippen LogP contribution >= 0.6 is 0 Å². The smallest absolute Gasteiger partial charge is 0.135 e. The highest BCUT2D eigenvalue weighted by molar-refractivity contribution is 5.80. The number of nitrogens with one attached hydrogen (secondary N) is 1. The number of carbonyl (C=O) groups excluding carboxylic acids is 1. The van der Waals surface area contributed by atoms with Gasteiger partial charge in [0.1, 0.15) is 5.78 Å². The lowest BCUT2D eigenvalue weighted by Crippen LogP contribution is -2.23. The summed E-state index contributed by atoms with van der Waals surface area (Å²) in [5.41, 5.74) is 0. The van der Waals surface area contributed by atoms with Crippen LogP contribution in [0.25, 0.3) is 0 Å². The summed E-state index contributed by atoms with van der Waals surface area (Å²) in [5, 5.41) is 3.45. The van der Waals surface area contributed by atoms with E-state index in [0.717, 1.165) is 19.4 Å². The van der Waals surface area contributed by atoms with Gasteiger partial charge in [-0.1, -0.05) is 66.2 Å². The van der Waals surface area contributed by atoms with Crippen LogP contribution in [0.5, 0.6) is 0 Å². The van der Waals surface area contributed by atoms with E-state index in [4.69, 9.17) is 0 Å². The Balaban J connectivity index is 3.09. The SMILES string of the molecule is CC(C)NCCCCCCCCCCC(=O)C(C)C. The zero-order chi connectivity index (χ0) is 14.5. The first-order valence-corrected chi connectivity index (χ1v) is 8.30. The van der Waals surface area contributed by atoms with Gasteiger partial charge < -0.3 is 5.32 Å². The van der Waals surface area contributed by atoms with Crippen LogP contribution in [0.1, 0.15) is 85.5 Å². The highest BCUT2D eigenvalue weighted by Crippen LogP contribution is 2.11. The number of hydrogen-bond donors (Lipinski definition) is 1. The molecule has 2 nitrogen and oxygen atoms in total. The molecular weight excluding hydrogens is 234 g/mol. The normalized spacial score (nSPS) is 11.5. The fraction of sp³-hybridized carbons (Fsp3) is 0.941. The Morgan fingerprint density at radius 1 is 0.789 bits per heavy atom. The number of carbonyl (C=O) groups is 1. The molecule has 0 aromatic heterocycles. The lowest BCUT2D eigenvalue weighted by molar-refractivity contribution is -0.122. The maximum atomic E-state index is 11.4. The molecule has 0 amide bonds. The number of Topliss-reactive ketones (excluding diaryl/α,β-unsaturated/α-hetero) is 1. The molecule has 2 heteroatoms. The summed E-state index contributed by atoms with van der Waals surface area (Å²) >= 11 is 0. The van der Waals surface area contributed by atoms with Crippen LogP contribution in [0.15, 0.2) is 0 Å². The Bertz CT molecular complexity index is 211. The van der Waals surface area contributed by atoms with Crippen LogP contribution in [0.3, 0.4) is 0 Å². The van der Waals surface area contributed by atoms with Gasteiger partial charge >= 0.3 is 0 Å². The molecule has 0 aliphatic carbocycles. The Kier molecular flexibility index (Phi) is 12.4. The largest absolute Gasteiger partial charge is 0.315 e. The van der Waals surface area contributed by atoms with Crippen molar-refractivity contribution in [2.75, 3.05) is 6.54 Å². The predicted molar refractivity (Wildman–Crippen MR) is 84.5 cm³/mol. The van der Waals surface area contributed by atoms with Gasteiger partial charge in [-0.2, -0.15) is 0 Å². The number of rotatable bonds is 13. The summed E-state index contributed by atoms with van der Waals surface area (Å²) in [6.07, 6.45) is 11.1. The third kappa shape index (κ3) is 13.9. The number of unbranched alkanes of at least 4 members (excludes halogenated alkanes) is 7. The van der Waals surface area contributed by atoms with E-state index in [9.17, 15) is 4.79 Å². The molecule has 0 bridgehead atoms. The number of ketones is 1. The van der Waals surface area contributed by atoms with Crippen LogP contribution in [0.2, 0.25) is 0 Å². The third-order valence-corrected chi connectivity index (χ3v) is 3.55. The van der Waals surface area contributed by atoms with Crippen LogP contribution in [-0.4, -0.2) is 18.4 Å². The molecule has 0 radical (unpaired) electrons. The Morgan fingerprint density at radius 3 is 1.74 bits per heavy atom. The summed E-state index contributed by atoms with van der Waals surface area (Å²) in [6.45, 7) is 9.55. The van der Waals surface area contributed by atoms with Crippen LogP contribution < -0.4 is 5.32 Å². The molecule has 0 aliphatic heterocycles. The average molecular weight is 269 g/mol. The highest BCUT2D eigenvalue weighted by Gasteiger charge is 2.05. The second-order valence-electron chi connectivity index (χ2n) is 6.31. The Labute approximate surface area is 120 Å². The van der Waals surface area contributed by atoms with Crippen LogP contribution in [0, 0.1) is 5.92 Å². The van der Waals surface area contributed by atoms with E-state index in [0.29, 0.717) is 11.8 Å². The first-order valence-electron chi connectivity index (χ1n) is 8.30. The molecule has 0 fully saturated rings. The Hall–Kier alpha value is -0.370. The van der Waals surface area contributed by atoms with Crippen molar-refractivity contribution >= 4 is 5.78 Å². The first-order chi connectivity index (χ1) is 9.04. The molecular formula is C17H35NO. The molecule has 114 valence electrons. The van der Waals surface area contributed by atoms with Gasteiger partial charge in [0, 0.05) is 18.4 Å². The molecule has 0 saturated carbocycles. The van der Waals surface area contributed by atoms with Gasteiger partial charge in [0.05, 0.1) is 0 Å². The van der Waals surface area contributed by atoms with E-state index < -0.39 is 0 Å². The predicted octanol–water partition coefficient (Wildman–Crippen LogP) is 4.72. The minimum absolute atomic E-state index is 0.222. The van der Waals surface area contributed by atoms with Crippen LogP contribution in [-0.2, 0) is 4.79 Å². The summed E-state index contributed by atoms with van der Waals surface area (Å²) in [5.74, 6) is 0.650. The molecule has 0 heterocycles. The molecule has 0 aromatic carbocycles. The van der Waals surface area contributed by atoms with Crippen molar-refractivity contribution in [2.45, 2.75) is 91.5 Å². The van der Waals surface area contributed by atoms with E-state index >= 15 is 0 Å². The molecule has 0 rings (SSSR count). The monoisotopic (exact) mass is 269 g/mol. The quantitative estimate of drug-likeness (QED) is 0.490. The molecule has 0 spiro atoms. The molecule has 0 saturated heterocycles. The van der Waals surface area contributed by atoms with E-state index in [1.165, 1.54) is 44.9 Å². The zero-order valence-electron chi connectivity index (χ0n) is 13.6. The van der Waals surface area contributed by atoms with E-state index in [-0.39, 0.29) is 5.92 Å². The average Bonchev–Trinajstić information content (AvgIpc) is 2.35. The van der Waals surface area contributed by atoms with Crippen molar-refractivity contribution < 1.29 is 4.79 Å². The second kappa shape index (κ2) is 12.7. The fourth-order valence-electron chi connectivity index (χ4n) is 2.16. The van der Waals surface area contributed by atoms with Gasteiger partial charge in [0.2, 0.25) is 0 Å². The lowest BCUT2D eigenvalue weighted by atomic mass is 10.0. The summed E-state index contributed by atoms with van der Waals surface area (Å²) in [7, 11) is 0. The second-order valence-corrected chi connectivity index (χ2v) is 6.31. The molecule has 0 aromatic rings. The minimum Gasteiger partial charge on any atom is -0.315 e. The molecule has 0 atom stereocenters. The molecule has 19 heavy (non-hydrogen) atoms. The van der Waals surface area contributed by atoms with Gasteiger partial charge in [-0.25, -0.2) is 0 Å². The van der Waals surface area contributed by atoms with Gasteiger partial charge in [-0.3, -0.25) is 4.79 Å². The lowest BCUT2D eigenvalue weighted by Gasteiger charge is -2.07.